The first kappa shape index (κ1) is 9.94. The van der Waals surface area contributed by atoms with Gasteiger partial charge in [-0.05, 0) is 23.8 Å². The van der Waals surface area contributed by atoms with Gasteiger partial charge < -0.3 is 9.88 Å². The van der Waals surface area contributed by atoms with Crippen LogP contribution in [0, 0.1) is 0 Å². The lowest BCUT2D eigenvalue weighted by Gasteiger charge is -2.27. The van der Waals surface area contributed by atoms with E-state index < -0.39 is 0 Å². The molecule has 0 saturated carbocycles. The summed E-state index contributed by atoms with van der Waals surface area (Å²) in [4.78, 5) is 0. The average Bonchev–Trinajstić information content (AvgIpc) is 2.77. The highest BCUT2D eigenvalue weighted by Crippen LogP contribution is 2.29. The van der Waals surface area contributed by atoms with Crippen LogP contribution in [0.3, 0.4) is 0 Å². The summed E-state index contributed by atoms with van der Waals surface area (Å²) in [5, 5.41) is 4.34. The molecular formula is C13H13ClN2. The molecule has 16 heavy (non-hydrogen) atoms. The fourth-order valence-electron chi connectivity index (χ4n) is 2.31. The van der Waals surface area contributed by atoms with E-state index in [0.717, 1.165) is 23.7 Å². The first-order valence-electron chi connectivity index (χ1n) is 5.49. The van der Waals surface area contributed by atoms with Crippen molar-refractivity contribution in [2.24, 2.45) is 0 Å². The van der Waals surface area contributed by atoms with Gasteiger partial charge in [0.15, 0.2) is 0 Å². The fraction of sp³-hybridized carbons (Fsp3) is 0.231. The molecule has 0 fully saturated rings. The summed E-state index contributed by atoms with van der Waals surface area (Å²) in [6, 6.07) is 12.5. The molecule has 0 aliphatic carbocycles. The van der Waals surface area contributed by atoms with Gasteiger partial charge in [0.25, 0.3) is 0 Å². The zero-order valence-corrected chi connectivity index (χ0v) is 9.61. The number of hydrogen-bond acceptors (Lipinski definition) is 1. The predicted molar refractivity (Wildman–Crippen MR) is 65.7 cm³/mol. The molecular weight excluding hydrogens is 220 g/mol. The summed E-state index contributed by atoms with van der Waals surface area (Å²) in [7, 11) is 0. The molecule has 0 bridgehead atoms. The van der Waals surface area contributed by atoms with E-state index >= 15 is 0 Å². The number of fused-ring (bicyclic) bond motifs is 1. The highest BCUT2D eigenvalue weighted by molar-refractivity contribution is 6.31. The molecule has 2 aromatic rings. The minimum absolute atomic E-state index is 0.220. The molecule has 0 saturated heterocycles. The van der Waals surface area contributed by atoms with Crippen LogP contribution in [0.15, 0.2) is 42.6 Å². The van der Waals surface area contributed by atoms with Crippen LogP contribution in [0.1, 0.15) is 17.3 Å². The number of hydrogen-bond donors (Lipinski definition) is 1. The van der Waals surface area contributed by atoms with Crippen LogP contribution in [-0.4, -0.2) is 11.1 Å². The van der Waals surface area contributed by atoms with Gasteiger partial charge in [-0.1, -0.05) is 29.8 Å². The molecule has 0 radical (unpaired) electrons. The molecule has 1 unspecified atom stereocenters. The largest absolute Gasteiger partial charge is 0.348 e. The number of nitrogens with one attached hydrogen (secondary N) is 1. The quantitative estimate of drug-likeness (QED) is 0.800. The van der Waals surface area contributed by atoms with Crippen molar-refractivity contribution in [3.05, 3.63) is 58.9 Å². The van der Waals surface area contributed by atoms with E-state index in [0.29, 0.717) is 0 Å². The third-order valence-electron chi connectivity index (χ3n) is 3.08. The molecule has 1 aromatic carbocycles. The molecule has 82 valence electrons. The number of aromatic nitrogens is 1. The lowest BCUT2D eigenvalue weighted by molar-refractivity contribution is 0.467. The van der Waals surface area contributed by atoms with Gasteiger partial charge in [-0.15, -0.1) is 0 Å². The van der Waals surface area contributed by atoms with E-state index in [-0.39, 0.29) is 6.04 Å². The zero-order valence-electron chi connectivity index (χ0n) is 8.86. The standard InChI is InChI=1S/C13H13ClN2/c14-11-5-2-1-4-10(11)13-12-6-3-8-16(12)9-7-15-13/h1-6,8,13,15H,7,9H2. The molecule has 0 amide bonds. The van der Waals surface area contributed by atoms with Gasteiger partial charge in [0, 0.05) is 30.0 Å². The Morgan fingerprint density at radius 2 is 2.06 bits per heavy atom. The van der Waals surface area contributed by atoms with Crippen LogP contribution in [0.5, 0.6) is 0 Å². The molecule has 2 nitrogen and oxygen atoms in total. The molecule has 1 aliphatic heterocycles. The van der Waals surface area contributed by atoms with E-state index in [9.17, 15) is 0 Å². The van der Waals surface area contributed by atoms with Crippen molar-refractivity contribution in [1.29, 1.82) is 0 Å². The summed E-state index contributed by atoms with van der Waals surface area (Å²) in [6.45, 7) is 2.01. The Balaban J connectivity index is 2.08. The number of nitrogens with zero attached hydrogens (tertiary/aromatic N) is 1. The van der Waals surface area contributed by atoms with Crippen LogP contribution >= 0.6 is 11.6 Å². The van der Waals surface area contributed by atoms with Crippen molar-refractivity contribution in [1.82, 2.24) is 9.88 Å². The molecule has 1 N–H and O–H groups in total. The summed E-state index contributed by atoms with van der Waals surface area (Å²) in [5.41, 5.74) is 2.45. The Bertz CT molecular complexity index is 504. The molecule has 1 atom stereocenters. The summed E-state index contributed by atoms with van der Waals surface area (Å²) in [6.07, 6.45) is 2.13. The maximum atomic E-state index is 6.24. The molecule has 2 heterocycles. The summed E-state index contributed by atoms with van der Waals surface area (Å²) in [5.74, 6) is 0. The van der Waals surface area contributed by atoms with E-state index in [2.05, 4.69) is 34.3 Å². The summed E-state index contributed by atoms with van der Waals surface area (Å²) >= 11 is 6.24. The van der Waals surface area contributed by atoms with Gasteiger partial charge in [0.2, 0.25) is 0 Å². The molecule has 0 spiro atoms. The van der Waals surface area contributed by atoms with Crippen LogP contribution in [0.25, 0.3) is 0 Å². The number of rotatable bonds is 1. The van der Waals surface area contributed by atoms with Crippen molar-refractivity contribution >= 4 is 11.6 Å². The average molecular weight is 233 g/mol. The fourth-order valence-corrected chi connectivity index (χ4v) is 2.55. The summed E-state index contributed by atoms with van der Waals surface area (Å²) < 4.78 is 2.28. The van der Waals surface area contributed by atoms with Gasteiger partial charge in [-0.25, -0.2) is 0 Å². The number of halogens is 1. The first-order chi connectivity index (χ1) is 7.86. The second-order valence-electron chi connectivity index (χ2n) is 4.04. The lowest BCUT2D eigenvalue weighted by Crippen LogP contribution is -2.33. The van der Waals surface area contributed by atoms with E-state index in [1.165, 1.54) is 5.69 Å². The Labute approximate surface area is 99.8 Å². The van der Waals surface area contributed by atoms with Crippen molar-refractivity contribution in [2.45, 2.75) is 12.6 Å². The predicted octanol–water partition coefficient (Wildman–Crippen LogP) is 2.83. The minimum Gasteiger partial charge on any atom is -0.348 e. The maximum absolute atomic E-state index is 6.24. The van der Waals surface area contributed by atoms with E-state index in [1.807, 2.05) is 18.2 Å². The topological polar surface area (TPSA) is 17.0 Å². The minimum atomic E-state index is 0.220. The Morgan fingerprint density at radius 1 is 1.19 bits per heavy atom. The highest BCUT2D eigenvalue weighted by atomic mass is 35.5. The van der Waals surface area contributed by atoms with Crippen molar-refractivity contribution in [2.75, 3.05) is 6.54 Å². The SMILES string of the molecule is Clc1ccccc1C1NCCn2cccc21. The van der Waals surface area contributed by atoms with Crippen molar-refractivity contribution < 1.29 is 0 Å². The molecule has 3 heteroatoms. The van der Waals surface area contributed by atoms with Crippen LogP contribution in [0.4, 0.5) is 0 Å². The normalized spacial score (nSPS) is 19.4. The molecule has 3 rings (SSSR count). The smallest absolute Gasteiger partial charge is 0.0746 e. The van der Waals surface area contributed by atoms with Crippen molar-refractivity contribution in [3.8, 4) is 0 Å². The Hall–Kier alpha value is -1.25. The van der Waals surface area contributed by atoms with Gasteiger partial charge >= 0.3 is 0 Å². The maximum Gasteiger partial charge on any atom is 0.0746 e. The van der Waals surface area contributed by atoms with Crippen LogP contribution in [0.2, 0.25) is 5.02 Å². The van der Waals surface area contributed by atoms with Gasteiger partial charge in [-0.3, -0.25) is 0 Å². The van der Waals surface area contributed by atoms with E-state index in [4.69, 9.17) is 11.6 Å². The molecule has 1 aliphatic rings. The van der Waals surface area contributed by atoms with Gasteiger partial charge in [0.05, 0.1) is 6.04 Å². The first-order valence-corrected chi connectivity index (χ1v) is 5.87. The number of benzene rings is 1. The third kappa shape index (κ3) is 1.55. The Kier molecular flexibility index (Phi) is 2.46. The van der Waals surface area contributed by atoms with Crippen LogP contribution in [-0.2, 0) is 6.54 Å². The Morgan fingerprint density at radius 3 is 2.94 bits per heavy atom. The lowest BCUT2D eigenvalue weighted by atomic mass is 10.0. The molecule has 1 aromatic heterocycles. The third-order valence-corrected chi connectivity index (χ3v) is 3.42. The van der Waals surface area contributed by atoms with E-state index in [1.54, 1.807) is 0 Å². The monoisotopic (exact) mass is 232 g/mol. The zero-order chi connectivity index (χ0) is 11.0. The second kappa shape index (κ2) is 3.96. The second-order valence-corrected chi connectivity index (χ2v) is 4.44. The van der Waals surface area contributed by atoms with Crippen LogP contribution < -0.4 is 5.32 Å². The van der Waals surface area contributed by atoms with Gasteiger partial charge in [-0.2, -0.15) is 0 Å². The van der Waals surface area contributed by atoms with Crippen molar-refractivity contribution in [3.63, 3.8) is 0 Å². The highest BCUT2D eigenvalue weighted by Gasteiger charge is 2.22. The van der Waals surface area contributed by atoms with Gasteiger partial charge in [0.1, 0.15) is 0 Å².